The number of aliphatic hydroxyl groups is 1. The first-order valence-electron chi connectivity index (χ1n) is 7.51. The molecule has 1 unspecified atom stereocenters. The van der Waals surface area contributed by atoms with Crippen LogP contribution in [-0.4, -0.2) is 27.7 Å². The number of benzene rings is 1. The number of aliphatic hydroxyl groups excluding tert-OH is 1. The summed E-state index contributed by atoms with van der Waals surface area (Å²) in [6.45, 7) is 4.24. The van der Waals surface area contributed by atoms with Gasteiger partial charge in [-0.1, -0.05) is 18.2 Å². The summed E-state index contributed by atoms with van der Waals surface area (Å²) < 4.78 is 6.69. The summed E-state index contributed by atoms with van der Waals surface area (Å²) in [5, 5.41) is 14.6. The number of nitrogens with one attached hydrogen (secondary N) is 1. The molecule has 1 atom stereocenters. The van der Waals surface area contributed by atoms with E-state index in [0.29, 0.717) is 18.2 Å². The summed E-state index contributed by atoms with van der Waals surface area (Å²) in [5.41, 5.74) is 0. The van der Waals surface area contributed by atoms with Crippen LogP contribution in [0.3, 0.4) is 0 Å². The molecule has 2 heterocycles. The van der Waals surface area contributed by atoms with Crippen LogP contribution in [0.4, 0.5) is 5.82 Å². The highest BCUT2D eigenvalue weighted by molar-refractivity contribution is 7.19. The van der Waals surface area contributed by atoms with Gasteiger partial charge in [-0.3, -0.25) is 4.98 Å². The van der Waals surface area contributed by atoms with Crippen LogP contribution in [0.2, 0.25) is 0 Å². The predicted molar refractivity (Wildman–Crippen MR) is 93.1 cm³/mol. The van der Waals surface area contributed by atoms with Crippen molar-refractivity contribution in [1.29, 1.82) is 0 Å². The largest absolute Gasteiger partial charge is 0.474 e. The molecule has 2 N–H and O–H groups in total. The molecule has 6 heteroatoms. The Morgan fingerprint density at radius 3 is 2.87 bits per heavy atom. The summed E-state index contributed by atoms with van der Waals surface area (Å²) in [7, 11) is 0. The summed E-state index contributed by atoms with van der Waals surface area (Å²) in [6, 6.07) is 10.1. The van der Waals surface area contributed by atoms with Gasteiger partial charge in [0.1, 0.15) is 11.9 Å². The third-order valence-corrected chi connectivity index (χ3v) is 4.44. The van der Waals surface area contributed by atoms with E-state index in [9.17, 15) is 5.11 Å². The summed E-state index contributed by atoms with van der Waals surface area (Å²) >= 11 is 1.60. The Balaban J connectivity index is 1.65. The Kier molecular flexibility index (Phi) is 4.73. The van der Waals surface area contributed by atoms with E-state index in [4.69, 9.17) is 4.74 Å². The van der Waals surface area contributed by atoms with Crippen molar-refractivity contribution in [3.63, 3.8) is 0 Å². The van der Waals surface area contributed by atoms with Crippen LogP contribution in [0.5, 0.6) is 5.88 Å². The van der Waals surface area contributed by atoms with Crippen LogP contribution in [0.25, 0.3) is 10.1 Å². The SMILES string of the molecule is CC(C)Oc1cncc(NCC(O)c2cc3ccccc3s2)n1. The first kappa shape index (κ1) is 15.7. The second-order valence-corrected chi connectivity index (χ2v) is 6.61. The first-order chi connectivity index (χ1) is 11.1. The predicted octanol–water partition coefficient (Wildman–Crippen LogP) is 3.62. The topological polar surface area (TPSA) is 67.3 Å². The van der Waals surface area contributed by atoms with Gasteiger partial charge < -0.3 is 15.2 Å². The standard InChI is InChI=1S/C17H19N3O2S/c1-11(2)22-17-10-18-9-16(20-17)19-8-13(21)15-7-12-5-3-4-6-14(12)23-15/h3-7,9-11,13,21H,8H2,1-2H3,(H,19,20). The smallest absolute Gasteiger partial charge is 0.234 e. The average Bonchev–Trinajstić information content (AvgIpc) is 2.96. The minimum absolute atomic E-state index is 0.0451. The molecule has 0 spiro atoms. The molecule has 5 nitrogen and oxygen atoms in total. The van der Waals surface area contributed by atoms with Gasteiger partial charge in [0.25, 0.3) is 0 Å². The normalized spacial score (nSPS) is 12.5. The molecule has 0 aliphatic heterocycles. The Morgan fingerprint density at radius 2 is 2.09 bits per heavy atom. The number of anilines is 1. The first-order valence-corrected chi connectivity index (χ1v) is 8.32. The maximum absolute atomic E-state index is 10.4. The highest BCUT2D eigenvalue weighted by Gasteiger charge is 2.12. The Bertz CT molecular complexity index is 755. The molecule has 0 amide bonds. The fourth-order valence-corrected chi connectivity index (χ4v) is 3.25. The van der Waals surface area contributed by atoms with Crippen LogP contribution in [0.1, 0.15) is 24.8 Å². The molecule has 0 aliphatic carbocycles. The second-order valence-electron chi connectivity index (χ2n) is 5.49. The van der Waals surface area contributed by atoms with Gasteiger partial charge in [0.15, 0.2) is 0 Å². The maximum Gasteiger partial charge on any atom is 0.234 e. The van der Waals surface area contributed by atoms with E-state index in [0.717, 1.165) is 10.3 Å². The number of rotatable bonds is 6. The molecule has 0 bridgehead atoms. The van der Waals surface area contributed by atoms with Crippen LogP contribution in [0.15, 0.2) is 42.7 Å². The molecule has 3 aromatic rings. The van der Waals surface area contributed by atoms with Crippen molar-refractivity contribution >= 4 is 27.2 Å². The lowest BCUT2D eigenvalue weighted by Gasteiger charge is -2.12. The molecule has 23 heavy (non-hydrogen) atoms. The third-order valence-electron chi connectivity index (χ3n) is 3.22. The number of fused-ring (bicyclic) bond motifs is 1. The average molecular weight is 329 g/mol. The van der Waals surface area contributed by atoms with E-state index < -0.39 is 6.10 Å². The van der Waals surface area contributed by atoms with Crippen LogP contribution >= 0.6 is 11.3 Å². The number of nitrogens with zero attached hydrogens (tertiary/aromatic N) is 2. The van der Waals surface area contributed by atoms with E-state index in [1.165, 1.54) is 4.70 Å². The Labute approximate surface area is 139 Å². The van der Waals surface area contributed by atoms with Gasteiger partial charge in [0, 0.05) is 16.1 Å². The zero-order valence-electron chi connectivity index (χ0n) is 13.1. The number of hydrogen-bond acceptors (Lipinski definition) is 6. The number of aromatic nitrogens is 2. The Hall–Kier alpha value is -2.18. The molecule has 120 valence electrons. The zero-order chi connectivity index (χ0) is 16.2. The lowest BCUT2D eigenvalue weighted by Crippen LogP contribution is -2.13. The lowest BCUT2D eigenvalue weighted by atomic mass is 10.2. The van der Waals surface area contributed by atoms with Crippen LogP contribution in [0, 0.1) is 0 Å². The van der Waals surface area contributed by atoms with Gasteiger partial charge in [0.05, 0.1) is 18.5 Å². The summed E-state index contributed by atoms with van der Waals surface area (Å²) in [4.78, 5) is 9.34. The van der Waals surface area contributed by atoms with Gasteiger partial charge >= 0.3 is 0 Å². The fourth-order valence-electron chi connectivity index (χ4n) is 2.20. The van der Waals surface area contributed by atoms with Crippen molar-refractivity contribution in [3.05, 3.63) is 47.6 Å². The van der Waals surface area contributed by atoms with Gasteiger partial charge in [0.2, 0.25) is 5.88 Å². The number of thiophene rings is 1. The molecule has 2 aromatic heterocycles. The molecule has 3 rings (SSSR count). The Morgan fingerprint density at radius 1 is 1.26 bits per heavy atom. The molecular weight excluding hydrogens is 310 g/mol. The molecule has 0 saturated carbocycles. The molecule has 0 aliphatic rings. The minimum Gasteiger partial charge on any atom is -0.474 e. The highest BCUT2D eigenvalue weighted by atomic mass is 32.1. The zero-order valence-corrected chi connectivity index (χ0v) is 13.9. The molecule has 0 radical (unpaired) electrons. The van der Waals surface area contributed by atoms with Crippen LogP contribution < -0.4 is 10.1 Å². The monoisotopic (exact) mass is 329 g/mol. The van der Waals surface area contributed by atoms with Gasteiger partial charge in [-0.2, -0.15) is 4.98 Å². The lowest BCUT2D eigenvalue weighted by molar-refractivity contribution is 0.195. The van der Waals surface area contributed by atoms with Crippen molar-refractivity contribution in [3.8, 4) is 5.88 Å². The molecule has 0 saturated heterocycles. The van der Waals surface area contributed by atoms with E-state index in [1.807, 2.05) is 38.1 Å². The molecule has 0 fully saturated rings. The molecular formula is C17H19N3O2S. The van der Waals surface area contributed by atoms with Crippen molar-refractivity contribution < 1.29 is 9.84 Å². The molecule has 1 aromatic carbocycles. The van der Waals surface area contributed by atoms with Crippen LogP contribution in [-0.2, 0) is 0 Å². The quantitative estimate of drug-likeness (QED) is 0.723. The third kappa shape index (κ3) is 3.97. The van der Waals surface area contributed by atoms with Crippen molar-refractivity contribution in [1.82, 2.24) is 9.97 Å². The fraction of sp³-hybridized carbons (Fsp3) is 0.294. The van der Waals surface area contributed by atoms with Gasteiger partial charge in [-0.05, 0) is 31.4 Å². The van der Waals surface area contributed by atoms with Crippen molar-refractivity contribution in [2.75, 3.05) is 11.9 Å². The summed E-state index contributed by atoms with van der Waals surface area (Å²) in [5.74, 6) is 1.06. The van der Waals surface area contributed by atoms with E-state index in [1.54, 1.807) is 23.7 Å². The second kappa shape index (κ2) is 6.93. The van der Waals surface area contributed by atoms with Gasteiger partial charge in [-0.15, -0.1) is 11.3 Å². The van der Waals surface area contributed by atoms with E-state index in [2.05, 4.69) is 21.4 Å². The maximum atomic E-state index is 10.4. The van der Waals surface area contributed by atoms with E-state index >= 15 is 0 Å². The highest BCUT2D eigenvalue weighted by Crippen LogP contribution is 2.29. The van der Waals surface area contributed by atoms with Crippen molar-refractivity contribution in [2.45, 2.75) is 26.1 Å². The minimum atomic E-state index is -0.594. The number of hydrogen-bond donors (Lipinski definition) is 2. The number of ether oxygens (including phenoxy) is 1. The van der Waals surface area contributed by atoms with Crippen molar-refractivity contribution in [2.24, 2.45) is 0 Å². The summed E-state index contributed by atoms with van der Waals surface area (Å²) in [6.07, 6.45) is 2.64. The van der Waals surface area contributed by atoms with Gasteiger partial charge in [-0.25, -0.2) is 0 Å². The van der Waals surface area contributed by atoms with E-state index in [-0.39, 0.29) is 6.10 Å².